The van der Waals surface area contributed by atoms with Gasteiger partial charge in [-0.25, -0.2) is 9.59 Å². The number of amides is 2. The molecule has 2 aromatic carbocycles. The largest absolute Gasteiger partial charge is 1.00 e. The summed E-state index contributed by atoms with van der Waals surface area (Å²) in [6.45, 7) is -10.5. The van der Waals surface area contributed by atoms with Crippen molar-refractivity contribution in [2.45, 2.75) is 25.9 Å². The van der Waals surface area contributed by atoms with Crippen LogP contribution in [0.5, 0.6) is 0 Å². The summed E-state index contributed by atoms with van der Waals surface area (Å²) in [6.07, 6.45) is -3.68. The summed E-state index contributed by atoms with van der Waals surface area (Å²) in [5.74, 6) is 0. The number of rotatable bonds is 10. The molecule has 0 heterocycles. The van der Waals surface area contributed by atoms with E-state index in [1.807, 2.05) is 22.8 Å². The number of halogens is 6. The van der Waals surface area contributed by atoms with Gasteiger partial charge < -0.3 is 46.0 Å². The Bertz CT molecular complexity index is 795. The zero-order chi connectivity index (χ0) is 25.5. The predicted molar refractivity (Wildman–Crippen MR) is 117 cm³/mol. The normalized spacial score (nSPS) is 10.4. The van der Waals surface area contributed by atoms with E-state index in [-0.39, 0.29) is 116 Å². The Morgan fingerprint density at radius 2 is 0.917 bits per heavy atom. The molecule has 0 bridgehead atoms. The first-order valence-corrected chi connectivity index (χ1v) is 10.3. The quantitative estimate of drug-likeness (QED) is 0.300. The predicted octanol–water partition coefficient (Wildman–Crippen LogP) is -0.472. The molecule has 16 heteroatoms. The van der Waals surface area contributed by atoms with Gasteiger partial charge in [0, 0.05) is 0 Å². The number of benzene rings is 2. The molecule has 0 radical (unpaired) electrons. The maximum Gasteiger partial charge on any atom is 1.00 e. The molecule has 2 amide bonds. The fourth-order valence-corrected chi connectivity index (χ4v) is 2.22. The molecule has 0 saturated heterocycles. The molecule has 0 aromatic heterocycles. The Kier molecular flexibility index (Phi) is 22.1. The number of hydrogen-bond donors (Lipinski definition) is 2. The fraction of sp³-hybridized carbons (Fsp3) is 0.300. The Hall–Kier alpha value is -0.0374. The van der Waals surface area contributed by atoms with Crippen molar-refractivity contribution in [1.29, 1.82) is 0 Å². The van der Waals surface area contributed by atoms with Gasteiger partial charge in [0.2, 0.25) is 0 Å². The second-order valence-corrected chi connectivity index (χ2v) is 6.98. The minimum absolute atomic E-state index is 0. The van der Waals surface area contributed by atoms with E-state index in [4.69, 9.17) is 9.47 Å². The second-order valence-electron chi connectivity index (χ2n) is 6.98. The Morgan fingerprint density at radius 1 is 0.611 bits per heavy atom. The zero-order valence-electron chi connectivity index (χ0n) is 20.1. The van der Waals surface area contributed by atoms with Crippen LogP contribution in [-0.4, -0.2) is 39.2 Å². The molecule has 0 fully saturated rings. The van der Waals surface area contributed by atoms with E-state index in [0.717, 1.165) is 11.1 Å². The van der Waals surface area contributed by atoms with E-state index >= 15 is 0 Å². The molecule has 0 unspecified atom stereocenters. The Balaban J connectivity index is 0. The molecule has 0 aliphatic rings. The van der Waals surface area contributed by atoms with Gasteiger partial charge in [-0.3, -0.25) is 0 Å². The third-order valence-corrected chi connectivity index (χ3v) is 3.91. The maximum absolute atomic E-state index is 11.8. The topological polar surface area (TPSA) is 76.7 Å². The van der Waals surface area contributed by atoms with Crippen molar-refractivity contribution < 1.29 is 148 Å². The first-order chi connectivity index (χ1) is 15.9. The summed E-state index contributed by atoms with van der Waals surface area (Å²) in [7, 11) is 0. The average molecular weight is 570 g/mol. The minimum Gasteiger partial charge on any atom is -0.449 e. The van der Waals surface area contributed by atoms with Crippen LogP contribution in [0.3, 0.4) is 0 Å². The van der Waals surface area contributed by atoms with Crippen molar-refractivity contribution in [1.82, 2.24) is 10.6 Å². The fourth-order valence-electron chi connectivity index (χ4n) is 2.22. The first-order valence-electron chi connectivity index (χ1n) is 10.3. The Morgan fingerprint density at radius 3 is 1.19 bits per heavy atom. The number of carbonyl (C=O) groups is 2. The van der Waals surface area contributed by atoms with Crippen molar-refractivity contribution in [2.24, 2.45) is 0 Å². The molecular formula is C20H24B2F6K2N2O4. The summed E-state index contributed by atoms with van der Waals surface area (Å²) in [6, 6.07) is 17.8. The molecule has 6 nitrogen and oxygen atoms in total. The average Bonchev–Trinajstić information content (AvgIpc) is 2.76. The number of alkyl carbamates (subject to hydrolysis) is 2. The molecule has 2 aromatic rings. The van der Waals surface area contributed by atoms with Crippen LogP contribution in [0.4, 0.5) is 35.5 Å². The number of hydrogen-bond acceptors (Lipinski definition) is 4. The first kappa shape index (κ1) is 38.1. The summed E-state index contributed by atoms with van der Waals surface area (Å²) < 4.78 is 80.4. The zero-order valence-corrected chi connectivity index (χ0v) is 26.3. The van der Waals surface area contributed by atoms with Crippen LogP contribution < -0.4 is 113 Å². The van der Waals surface area contributed by atoms with E-state index in [2.05, 4.69) is 0 Å². The van der Waals surface area contributed by atoms with Crippen molar-refractivity contribution in [2.75, 3.05) is 13.1 Å². The van der Waals surface area contributed by atoms with E-state index < -0.39 is 51.9 Å². The molecule has 0 saturated carbocycles. The number of carbonyl (C=O) groups excluding carboxylic acids is 2. The van der Waals surface area contributed by atoms with Gasteiger partial charge in [-0.05, 0) is 24.2 Å². The van der Waals surface area contributed by atoms with Gasteiger partial charge in [0.15, 0.2) is 0 Å². The van der Waals surface area contributed by atoms with Crippen LogP contribution in [0.15, 0.2) is 60.7 Å². The minimum atomic E-state index is -4.86. The number of ether oxygens (including phenoxy) is 2. The van der Waals surface area contributed by atoms with E-state index in [1.165, 1.54) is 0 Å². The molecule has 2 rings (SSSR count). The van der Waals surface area contributed by atoms with Crippen LogP contribution in [0.2, 0.25) is 12.6 Å². The van der Waals surface area contributed by atoms with E-state index in [0.29, 0.717) is 0 Å². The van der Waals surface area contributed by atoms with Crippen molar-refractivity contribution in [3.8, 4) is 0 Å². The van der Waals surface area contributed by atoms with Crippen LogP contribution >= 0.6 is 0 Å². The third kappa shape index (κ3) is 23.1. The third-order valence-electron chi connectivity index (χ3n) is 3.91. The van der Waals surface area contributed by atoms with Crippen LogP contribution in [0, 0.1) is 0 Å². The van der Waals surface area contributed by atoms with Gasteiger partial charge in [-0.15, -0.1) is 0 Å². The van der Waals surface area contributed by atoms with E-state index in [1.54, 1.807) is 48.5 Å². The van der Waals surface area contributed by atoms with Gasteiger partial charge in [0.05, 0.1) is 0 Å². The van der Waals surface area contributed by atoms with Crippen LogP contribution in [0.1, 0.15) is 11.1 Å². The monoisotopic (exact) mass is 570 g/mol. The van der Waals surface area contributed by atoms with Crippen molar-refractivity contribution >= 4 is 26.1 Å². The van der Waals surface area contributed by atoms with Crippen molar-refractivity contribution in [3.63, 3.8) is 0 Å². The van der Waals surface area contributed by atoms with Gasteiger partial charge in [0.25, 0.3) is 0 Å². The summed E-state index contributed by atoms with van der Waals surface area (Å²) in [5.41, 5.74) is 1.56. The van der Waals surface area contributed by atoms with Gasteiger partial charge in [-0.2, -0.15) is 0 Å². The molecule has 0 aliphatic heterocycles. The molecule has 0 atom stereocenters. The molecule has 36 heavy (non-hydrogen) atoms. The van der Waals surface area contributed by atoms with Gasteiger partial charge in [-0.1, -0.05) is 73.3 Å². The van der Waals surface area contributed by atoms with Crippen LogP contribution in [-0.2, 0) is 22.7 Å². The van der Waals surface area contributed by atoms with Gasteiger partial charge in [0.1, 0.15) is 13.2 Å². The molecule has 2 N–H and O–H groups in total. The molecular weight excluding hydrogens is 546 g/mol. The maximum atomic E-state index is 11.8. The smallest absolute Gasteiger partial charge is 0.449 e. The SMILES string of the molecule is O=C(NCC[B-](F)(F)F)OCc1ccccc1.O=C(NCC[B-](F)(F)F)OCc1ccccc1.[K+].[K+]. The summed E-state index contributed by atoms with van der Waals surface area (Å²) in [4.78, 5) is 22.0. The van der Waals surface area contributed by atoms with Gasteiger partial charge >= 0.3 is 129 Å². The Labute approximate surface area is 291 Å². The molecule has 0 aliphatic carbocycles. The van der Waals surface area contributed by atoms with Crippen LogP contribution in [0.25, 0.3) is 0 Å². The molecule has 188 valence electrons. The van der Waals surface area contributed by atoms with E-state index in [9.17, 15) is 35.5 Å². The van der Waals surface area contributed by atoms with Crippen molar-refractivity contribution in [3.05, 3.63) is 71.8 Å². The summed E-state index contributed by atoms with van der Waals surface area (Å²) in [5, 5.41) is 4.09. The standard InChI is InChI=1S/2C10H12BF3NO2.2K/c2*12-11(13,14)6-7-15-10(16)17-8-9-4-2-1-3-5-9;;/h2*1-5H,6-8H2,(H,15,16);;/q2*-1;2*+1. The summed E-state index contributed by atoms with van der Waals surface area (Å²) >= 11 is 0. The number of nitrogens with one attached hydrogen (secondary N) is 2. The molecule has 0 spiro atoms. The second kappa shape index (κ2) is 20.9.